The molecule has 0 spiro atoms. The molecule has 46 heavy (non-hydrogen) atoms. The van der Waals surface area contributed by atoms with Crippen molar-refractivity contribution >= 4 is 43.5 Å². The third-order valence-electron chi connectivity index (χ3n) is 8.37. The number of hydrogen-bond donors (Lipinski definition) is 3. The summed E-state index contributed by atoms with van der Waals surface area (Å²) in [6.45, 7) is 0. The van der Waals surface area contributed by atoms with E-state index in [1.165, 1.54) is 18.6 Å². The second-order valence-electron chi connectivity index (χ2n) is 11.8. The van der Waals surface area contributed by atoms with E-state index < -0.39 is 15.7 Å². The van der Waals surface area contributed by atoms with Crippen LogP contribution in [0.1, 0.15) is 37.7 Å². The smallest absolute Gasteiger partial charge is 0.227 e. The molecule has 13 heteroatoms. The summed E-state index contributed by atoms with van der Waals surface area (Å²) < 4.78 is 38.0. The first-order valence-corrected chi connectivity index (χ1v) is 17.2. The van der Waals surface area contributed by atoms with Crippen molar-refractivity contribution in [3.8, 4) is 33.9 Å². The third kappa shape index (κ3) is 6.23. The average molecular weight is 639 g/mol. The van der Waals surface area contributed by atoms with Crippen LogP contribution >= 0.6 is 0 Å². The number of sulfone groups is 1. The number of rotatable bonds is 8. The number of pyridine rings is 3. The van der Waals surface area contributed by atoms with Crippen molar-refractivity contribution in [3.63, 3.8) is 0 Å². The van der Waals surface area contributed by atoms with Crippen molar-refractivity contribution < 1.29 is 17.6 Å². The van der Waals surface area contributed by atoms with Gasteiger partial charge in [0.25, 0.3) is 0 Å². The van der Waals surface area contributed by atoms with Crippen LogP contribution in [-0.4, -0.2) is 61.5 Å². The number of fused-ring (bicyclic) bond motifs is 2. The minimum atomic E-state index is -3.20. The first-order chi connectivity index (χ1) is 22.2. The van der Waals surface area contributed by atoms with Crippen molar-refractivity contribution in [1.82, 2.24) is 35.1 Å². The Morgan fingerprint density at radius 2 is 1.87 bits per heavy atom. The van der Waals surface area contributed by atoms with Crippen LogP contribution in [-0.2, 0) is 21.1 Å². The first kappa shape index (κ1) is 29.7. The number of nitrogens with zero attached hydrogens (tertiary/aromatic N) is 5. The molecule has 7 rings (SSSR count). The molecular formula is C33H31FN8O3S. The molecule has 0 aliphatic heterocycles. The summed E-state index contributed by atoms with van der Waals surface area (Å²) in [6, 6.07) is 10.0. The summed E-state index contributed by atoms with van der Waals surface area (Å²) in [5.41, 5.74) is 6.09. The Kier molecular flexibility index (Phi) is 7.77. The number of benzene rings is 1. The molecule has 1 fully saturated rings. The van der Waals surface area contributed by atoms with Crippen molar-refractivity contribution in [3.05, 3.63) is 72.6 Å². The first-order valence-electron chi connectivity index (χ1n) is 15.1. The van der Waals surface area contributed by atoms with E-state index in [0.29, 0.717) is 56.3 Å². The van der Waals surface area contributed by atoms with Gasteiger partial charge in [-0.25, -0.2) is 22.8 Å². The maximum Gasteiger partial charge on any atom is 0.227 e. The maximum atomic E-state index is 14.7. The monoisotopic (exact) mass is 638 g/mol. The second kappa shape index (κ2) is 12.0. The summed E-state index contributed by atoms with van der Waals surface area (Å²) >= 11 is 0. The van der Waals surface area contributed by atoms with Gasteiger partial charge in [-0.1, -0.05) is 25.3 Å². The van der Waals surface area contributed by atoms with Crippen molar-refractivity contribution in [1.29, 1.82) is 0 Å². The Morgan fingerprint density at radius 3 is 2.70 bits per heavy atom. The fraction of sp³-hybridized carbons (Fsp3) is 0.273. The Balaban J connectivity index is 1.21. The molecule has 1 aliphatic carbocycles. The summed E-state index contributed by atoms with van der Waals surface area (Å²) in [5.74, 6) is -0.0220. The Morgan fingerprint density at radius 1 is 1.02 bits per heavy atom. The van der Waals surface area contributed by atoms with Crippen LogP contribution in [0.5, 0.6) is 0 Å². The molecule has 11 nitrogen and oxygen atoms in total. The van der Waals surface area contributed by atoms with Crippen LogP contribution in [0.2, 0.25) is 0 Å². The van der Waals surface area contributed by atoms with Gasteiger partial charge in [0.15, 0.2) is 11.5 Å². The predicted molar refractivity (Wildman–Crippen MR) is 174 cm³/mol. The molecule has 5 aromatic heterocycles. The highest BCUT2D eigenvalue weighted by Gasteiger charge is 2.22. The van der Waals surface area contributed by atoms with E-state index >= 15 is 0 Å². The molecule has 3 N–H and O–H groups in total. The van der Waals surface area contributed by atoms with E-state index in [2.05, 4.69) is 35.5 Å². The van der Waals surface area contributed by atoms with Crippen LogP contribution in [0, 0.1) is 11.7 Å². The molecule has 234 valence electrons. The quantitative estimate of drug-likeness (QED) is 0.187. The maximum absolute atomic E-state index is 14.7. The van der Waals surface area contributed by atoms with Gasteiger partial charge in [-0.05, 0) is 60.7 Å². The standard InChI is InChI=1S/C33H31FN8O3S/c1-46(44,45)10-8-19-11-21(13-23(34)12-19)25-7-9-36-31-29(25)39-32(40-31)30-26-15-27(37-18-28(26)41-42-30)22-14-24(17-35-16-22)38-33(43)20-5-3-2-4-6-20/h7,9,11-18,20H,2-6,8,10H2,1H3,(H,38,43)(H,41,42)(H,36,39,40). The SMILES string of the molecule is CS(=O)(=O)CCc1cc(F)cc(-c2ccnc3nc(-c4n[nH]c5cnc(-c6cncc(NC(=O)C7CCCCC7)c6)cc45)[nH]c23)c1. The molecule has 0 radical (unpaired) electrons. The fourth-order valence-electron chi connectivity index (χ4n) is 6.03. The van der Waals surface area contributed by atoms with Crippen LogP contribution in [0.15, 0.2) is 61.2 Å². The van der Waals surface area contributed by atoms with E-state index in [4.69, 9.17) is 4.98 Å². The average Bonchev–Trinajstić information content (AvgIpc) is 3.68. The van der Waals surface area contributed by atoms with Crippen LogP contribution in [0.3, 0.4) is 0 Å². The number of H-pyrrole nitrogens is 2. The van der Waals surface area contributed by atoms with Crippen LogP contribution in [0.4, 0.5) is 10.1 Å². The van der Waals surface area contributed by atoms with Crippen molar-refractivity contribution in [2.45, 2.75) is 38.5 Å². The molecule has 5 heterocycles. The lowest BCUT2D eigenvalue weighted by Gasteiger charge is -2.20. The molecule has 0 atom stereocenters. The van der Waals surface area contributed by atoms with Gasteiger partial charge in [0.05, 0.1) is 40.6 Å². The second-order valence-corrected chi connectivity index (χ2v) is 14.1. The molecule has 1 amide bonds. The molecule has 1 aromatic carbocycles. The molecule has 1 aliphatic rings. The number of aromatic nitrogens is 7. The summed E-state index contributed by atoms with van der Waals surface area (Å²) in [5, 5.41) is 11.3. The van der Waals surface area contributed by atoms with E-state index in [1.54, 1.807) is 36.9 Å². The van der Waals surface area contributed by atoms with Gasteiger partial charge in [0.2, 0.25) is 5.91 Å². The van der Waals surface area contributed by atoms with Crippen LogP contribution in [0.25, 0.3) is 56.0 Å². The van der Waals surface area contributed by atoms with Gasteiger partial charge in [-0.3, -0.25) is 19.9 Å². The summed E-state index contributed by atoms with van der Waals surface area (Å²) in [4.78, 5) is 34.2. The number of nitrogens with one attached hydrogen (secondary N) is 3. The highest BCUT2D eigenvalue weighted by atomic mass is 32.2. The molecular weight excluding hydrogens is 607 g/mol. The lowest BCUT2D eigenvalue weighted by atomic mass is 9.88. The van der Waals surface area contributed by atoms with Gasteiger partial charge >= 0.3 is 0 Å². The van der Waals surface area contributed by atoms with E-state index in [-0.39, 0.29) is 24.0 Å². The number of carbonyl (C=O) groups excluding carboxylic acids is 1. The Labute approximate surface area is 264 Å². The van der Waals surface area contributed by atoms with Gasteiger partial charge < -0.3 is 10.3 Å². The van der Waals surface area contributed by atoms with Gasteiger partial charge in [-0.15, -0.1) is 0 Å². The molecule has 0 unspecified atom stereocenters. The fourth-order valence-corrected chi connectivity index (χ4v) is 6.64. The number of amides is 1. The zero-order valence-electron chi connectivity index (χ0n) is 25.0. The number of imidazole rings is 1. The molecule has 1 saturated carbocycles. The molecule has 0 saturated heterocycles. The number of aromatic amines is 2. The van der Waals surface area contributed by atoms with Crippen molar-refractivity contribution in [2.24, 2.45) is 5.92 Å². The van der Waals surface area contributed by atoms with E-state index in [0.717, 1.165) is 42.9 Å². The Hall–Kier alpha value is -5.04. The zero-order chi connectivity index (χ0) is 31.8. The van der Waals surface area contributed by atoms with E-state index in [9.17, 15) is 17.6 Å². The minimum absolute atomic E-state index is 0.0282. The van der Waals surface area contributed by atoms with Gasteiger partial charge in [0.1, 0.15) is 21.3 Å². The van der Waals surface area contributed by atoms with Gasteiger partial charge in [-0.2, -0.15) is 5.10 Å². The lowest BCUT2D eigenvalue weighted by Crippen LogP contribution is -2.24. The number of carbonyl (C=O) groups is 1. The lowest BCUT2D eigenvalue weighted by molar-refractivity contribution is -0.120. The predicted octanol–water partition coefficient (Wildman–Crippen LogP) is 5.87. The highest BCUT2D eigenvalue weighted by molar-refractivity contribution is 7.90. The summed E-state index contributed by atoms with van der Waals surface area (Å²) in [7, 11) is -3.20. The highest BCUT2D eigenvalue weighted by Crippen LogP contribution is 2.33. The summed E-state index contributed by atoms with van der Waals surface area (Å²) in [6.07, 6.45) is 13.1. The minimum Gasteiger partial charge on any atom is -0.335 e. The Bertz CT molecular complexity index is 2210. The topological polar surface area (TPSA) is 159 Å². The normalized spacial score (nSPS) is 14.2. The zero-order valence-corrected chi connectivity index (χ0v) is 25.9. The largest absolute Gasteiger partial charge is 0.335 e. The van der Waals surface area contributed by atoms with Gasteiger partial charge in [0, 0.05) is 41.1 Å². The van der Waals surface area contributed by atoms with Crippen LogP contribution < -0.4 is 5.32 Å². The number of halogens is 1. The van der Waals surface area contributed by atoms with Crippen molar-refractivity contribution in [2.75, 3.05) is 17.3 Å². The number of anilines is 1. The molecule has 6 aromatic rings. The third-order valence-corrected chi connectivity index (χ3v) is 9.32. The van der Waals surface area contributed by atoms with E-state index in [1.807, 2.05) is 12.1 Å². The number of aryl methyl sites for hydroxylation is 1. The molecule has 0 bridgehead atoms. The number of hydrogen-bond acceptors (Lipinski definition) is 8.